The number of nitrogens with one attached hydrogen (secondary N) is 1. The van der Waals surface area contributed by atoms with Gasteiger partial charge in [-0.1, -0.05) is 11.6 Å². The van der Waals surface area contributed by atoms with Crippen molar-refractivity contribution in [2.45, 2.75) is 19.3 Å². The fraction of sp³-hybridized carbons (Fsp3) is 0.375. The lowest BCUT2D eigenvalue weighted by Gasteiger charge is -2.10. The highest BCUT2D eigenvalue weighted by molar-refractivity contribution is 6.30. The Balaban J connectivity index is 1.92. The van der Waals surface area contributed by atoms with Gasteiger partial charge < -0.3 is 16.0 Å². The van der Waals surface area contributed by atoms with Crippen LogP contribution >= 0.6 is 11.6 Å². The third kappa shape index (κ3) is 5.16. The van der Waals surface area contributed by atoms with E-state index in [0.29, 0.717) is 16.8 Å². The number of aromatic nitrogens is 2. The second kappa shape index (κ2) is 7.96. The van der Waals surface area contributed by atoms with E-state index >= 15 is 0 Å². The number of rotatable bonds is 7. The van der Waals surface area contributed by atoms with Crippen molar-refractivity contribution >= 4 is 29.1 Å². The molecule has 5 nitrogen and oxygen atoms in total. The SMILES string of the molecule is CN(C)CCCCc1cnc(Nc2ccc(Cl)cc2)nc1N. The summed E-state index contributed by atoms with van der Waals surface area (Å²) in [6.07, 6.45) is 4.92. The lowest BCUT2D eigenvalue weighted by Crippen LogP contribution is -2.13. The highest BCUT2D eigenvalue weighted by Crippen LogP contribution is 2.18. The molecule has 118 valence electrons. The zero-order valence-corrected chi connectivity index (χ0v) is 13.8. The number of nitrogens with zero attached hydrogens (tertiary/aromatic N) is 3. The number of nitrogens with two attached hydrogens (primary N) is 1. The summed E-state index contributed by atoms with van der Waals surface area (Å²) in [7, 11) is 4.16. The first-order valence-corrected chi connectivity index (χ1v) is 7.71. The van der Waals surface area contributed by atoms with Crippen LogP contribution in [0.25, 0.3) is 0 Å². The van der Waals surface area contributed by atoms with Crippen molar-refractivity contribution in [1.29, 1.82) is 0 Å². The van der Waals surface area contributed by atoms with Gasteiger partial charge in [0.2, 0.25) is 5.95 Å². The Bertz CT molecular complexity index is 598. The second-order valence-electron chi connectivity index (χ2n) is 5.50. The average Bonchev–Trinajstić information content (AvgIpc) is 2.47. The third-order valence-corrected chi connectivity index (χ3v) is 3.55. The average molecular weight is 320 g/mol. The lowest BCUT2D eigenvalue weighted by atomic mass is 10.1. The Morgan fingerprint density at radius 2 is 1.91 bits per heavy atom. The summed E-state index contributed by atoms with van der Waals surface area (Å²) in [4.78, 5) is 10.8. The van der Waals surface area contributed by atoms with Crippen LogP contribution in [-0.2, 0) is 6.42 Å². The van der Waals surface area contributed by atoms with E-state index in [2.05, 4.69) is 34.3 Å². The Morgan fingerprint density at radius 1 is 1.18 bits per heavy atom. The molecule has 2 aromatic rings. The number of hydrogen-bond donors (Lipinski definition) is 2. The van der Waals surface area contributed by atoms with Crippen molar-refractivity contribution in [2.24, 2.45) is 0 Å². The van der Waals surface area contributed by atoms with E-state index in [1.165, 1.54) is 0 Å². The largest absolute Gasteiger partial charge is 0.383 e. The maximum Gasteiger partial charge on any atom is 0.229 e. The van der Waals surface area contributed by atoms with E-state index in [0.717, 1.165) is 37.1 Å². The van der Waals surface area contributed by atoms with Crippen molar-refractivity contribution < 1.29 is 0 Å². The molecule has 3 N–H and O–H groups in total. The zero-order chi connectivity index (χ0) is 15.9. The van der Waals surface area contributed by atoms with Crippen molar-refractivity contribution in [3.63, 3.8) is 0 Å². The Hall–Kier alpha value is -1.85. The van der Waals surface area contributed by atoms with Gasteiger partial charge in [0.05, 0.1) is 0 Å². The van der Waals surface area contributed by atoms with Crippen LogP contribution in [-0.4, -0.2) is 35.5 Å². The van der Waals surface area contributed by atoms with Gasteiger partial charge in [0.1, 0.15) is 5.82 Å². The fourth-order valence-electron chi connectivity index (χ4n) is 2.08. The number of unbranched alkanes of at least 4 members (excludes halogenated alkanes) is 1. The van der Waals surface area contributed by atoms with Crippen molar-refractivity contribution in [3.05, 3.63) is 41.0 Å². The highest BCUT2D eigenvalue weighted by Gasteiger charge is 2.05. The lowest BCUT2D eigenvalue weighted by molar-refractivity contribution is 0.394. The molecule has 0 fully saturated rings. The minimum absolute atomic E-state index is 0.497. The topological polar surface area (TPSA) is 67.1 Å². The fourth-order valence-corrected chi connectivity index (χ4v) is 2.20. The first-order chi connectivity index (χ1) is 10.5. The van der Waals surface area contributed by atoms with E-state index in [-0.39, 0.29) is 0 Å². The molecule has 0 radical (unpaired) electrons. The molecule has 1 heterocycles. The smallest absolute Gasteiger partial charge is 0.229 e. The summed E-state index contributed by atoms with van der Waals surface area (Å²) in [5, 5.41) is 3.81. The Morgan fingerprint density at radius 3 is 2.55 bits per heavy atom. The predicted octanol–water partition coefficient (Wildman–Crippen LogP) is 3.34. The van der Waals surface area contributed by atoms with Gasteiger partial charge in [0.25, 0.3) is 0 Å². The molecule has 6 heteroatoms. The second-order valence-corrected chi connectivity index (χ2v) is 5.93. The first-order valence-electron chi connectivity index (χ1n) is 7.33. The van der Waals surface area contributed by atoms with Gasteiger partial charge in [0.15, 0.2) is 0 Å². The molecular weight excluding hydrogens is 298 g/mol. The van der Waals surface area contributed by atoms with E-state index in [1.807, 2.05) is 24.3 Å². The van der Waals surface area contributed by atoms with E-state index in [4.69, 9.17) is 17.3 Å². The summed E-state index contributed by atoms with van der Waals surface area (Å²) in [6, 6.07) is 7.37. The molecule has 0 atom stereocenters. The molecule has 0 aliphatic rings. The van der Waals surface area contributed by atoms with Gasteiger partial charge in [-0.15, -0.1) is 0 Å². The Kier molecular flexibility index (Phi) is 5.98. The number of nitrogen functional groups attached to an aromatic ring is 1. The molecule has 0 bridgehead atoms. The number of hydrogen-bond acceptors (Lipinski definition) is 5. The van der Waals surface area contributed by atoms with Gasteiger partial charge in [0, 0.05) is 22.5 Å². The number of anilines is 3. The third-order valence-electron chi connectivity index (χ3n) is 3.30. The van der Waals surface area contributed by atoms with Gasteiger partial charge in [-0.2, -0.15) is 4.98 Å². The molecule has 22 heavy (non-hydrogen) atoms. The summed E-state index contributed by atoms with van der Waals surface area (Å²) in [5.74, 6) is 1.04. The monoisotopic (exact) mass is 319 g/mol. The predicted molar refractivity (Wildman–Crippen MR) is 92.7 cm³/mol. The van der Waals surface area contributed by atoms with Crippen LogP contribution in [0.2, 0.25) is 5.02 Å². The molecule has 0 aliphatic heterocycles. The van der Waals surface area contributed by atoms with Crippen LogP contribution in [0, 0.1) is 0 Å². The molecule has 0 saturated heterocycles. The quantitative estimate of drug-likeness (QED) is 0.766. The Labute approximate surface area is 136 Å². The molecule has 0 unspecified atom stereocenters. The standard InChI is InChI=1S/C16H22ClN5/c1-22(2)10-4-3-5-12-11-19-16(21-15(12)18)20-14-8-6-13(17)7-9-14/h6-9,11H,3-5,10H2,1-2H3,(H3,18,19,20,21). The van der Waals surface area contributed by atoms with Crippen LogP contribution in [0.5, 0.6) is 0 Å². The summed E-state index contributed by atoms with van der Waals surface area (Å²) < 4.78 is 0. The molecule has 2 rings (SSSR count). The molecule has 0 saturated carbocycles. The zero-order valence-electron chi connectivity index (χ0n) is 13.0. The highest BCUT2D eigenvalue weighted by atomic mass is 35.5. The number of benzene rings is 1. The first kappa shape index (κ1) is 16.5. The van der Waals surface area contributed by atoms with Gasteiger partial charge >= 0.3 is 0 Å². The van der Waals surface area contributed by atoms with E-state index in [1.54, 1.807) is 6.20 Å². The van der Waals surface area contributed by atoms with Crippen molar-refractivity contribution in [2.75, 3.05) is 31.7 Å². The van der Waals surface area contributed by atoms with Crippen LogP contribution in [0.1, 0.15) is 18.4 Å². The normalized spacial score (nSPS) is 10.9. The molecule has 0 amide bonds. The summed E-state index contributed by atoms with van der Waals surface area (Å²) in [5.41, 5.74) is 7.90. The number of aryl methyl sites for hydroxylation is 1. The molecule has 1 aromatic carbocycles. The van der Waals surface area contributed by atoms with Gasteiger partial charge in [-0.05, 0) is 64.2 Å². The molecular formula is C16H22ClN5. The molecule has 0 aliphatic carbocycles. The molecule has 1 aromatic heterocycles. The van der Waals surface area contributed by atoms with Gasteiger partial charge in [-0.3, -0.25) is 0 Å². The minimum atomic E-state index is 0.497. The maximum absolute atomic E-state index is 6.02. The molecule has 0 spiro atoms. The van der Waals surface area contributed by atoms with Crippen LogP contribution < -0.4 is 11.1 Å². The number of halogens is 1. The minimum Gasteiger partial charge on any atom is -0.383 e. The summed E-state index contributed by atoms with van der Waals surface area (Å²) >= 11 is 5.86. The van der Waals surface area contributed by atoms with Crippen LogP contribution in [0.3, 0.4) is 0 Å². The van der Waals surface area contributed by atoms with Crippen LogP contribution in [0.15, 0.2) is 30.5 Å². The summed E-state index contributed by atoms with van der Waals surface area (Å²) in [6.45, 7) is 1.08. The van der Waals surface area contributed by atoms with E-state index in [9.17, 15) is 0 Å². The maximum atomic E-state index is 6.02. The van der Waals surface area contributed by atoms with Crippen molar-refractivity contribution in [3.8, 4) is 0 Å². The van der Waals surface area contributed by atoms with E-state index < -0.39 is 0 Å². The van der Waals surface area contributed by atoms with Crippen molar-refractivity contribution in [1.82, 2.24) is 14.9 Å². The van der Waals surface area contributed by atoms with Crippen LogP contribution in [0.4, 0.5) is 17.5 Å². The van der Waals surface area contributed by atoms with Gasteiger partial charge in [-0.25, -0.2) is 4.98 Å².